The number of hydrogen-bond acceptors (Lipinski definition) is 2. The first-order chi connectivity index (χ1) is 9.92. The second-order valence-electron chi connectivity index (χ2n) is 6.28. The van der Waals surface area contributed by atoms with Crippen LogP contribution in [0.15, 0.2) is 18.2 Å². The maximum absolute atomic E-state index is 5.90. The summed E-state index contributed by atoms with van der Waals surface area (Å²) in [5.41, 5.74) is 3.04. The summed E-state index contributed by atoms with van der Waals surface area (Å²) in [4.78, 5) is 0. The quantitative estimate of drug-likeness (QED) is 0.822. The summed E-state index contributed by atoms with van der Waals surface area (Å²) in [6.45, 7) is 1.76. The van der Waals surface area contributed by atoms with Crippen LogP contribution in [0.1, 0.15) is 56.1 Å². The minimum atomic E-state index is 0.732. The first kappa shape index (κ1) is 13.9. The summed E-state index contributed by atoms with van der Waals surface area (Å²) >= 11 is 0. The number of ether oxygens (including phenoxy) is 1. The Morgan fingerprint density at radius 2 is 1.75 bits per heavy atom. The molecule has 0 unspecified atom stereocenters. The maximum Gasteiger partial charge on any atom is 0.119 e. The van der Waals surface area contributed by atoms with Crippen molar-refractivity contribution in [2.45, 2.75) is 63.8 Å². The van der Waals surface area contributed by atoms with Gasteiger partial charge in [-0.2, -0.15) is 0 Å². The lowest BCUT2D eigenvalue weighted by Crippen LogP contribution is -2.34. The van der Waals surface area contributed by atoms with Gasteiger partial charge in [-0.1, -0.05) is 25.3 Å². The first-order valence-electron chi connectivity index (χ1n) is 8.40. The van der Waals surface area contributed by atoms with E-state index < -0.39 is 0 Å². The molecule has 1 aromatic rings. The molecule has 1 aromatic carbocycles. The molecule has 20 heavy (non-hydrogen) atoms. The highest BCUT2D eigenvalue weighted by Gasteiger charge is 2.12. The fraction of sp³-hybridized carbons (Fsp3) is 0.667. The Balaban J connectivity index is 1.41. The fourth-order valence-corrected chi connectivity index (χ4v) is 3.54. The third kappa shape index (κ3) is 3.76. The Hall–Kier alpha value is -1.02. The fourth-order valence-electron chi connectivity index (χ4n) is 3.54. The van der Waals surface area contributed by atoms with Gasteiger partial charge in [-0.05, 0) is 61.8 Å². The lowest BCUT2D eigenvalue weighted by Gasteiger charge is -2.23. The average Bonchev–Trinajstić information content (AvgIpc) is 2.52. The number of aryl methyl sites for hydroxylation is 2. The normalized spacial score (nSPS) is 19.6. The zero-order chi connectivity index (χ0) is 13.6. The molecular weight excluding hydrogens is 246 g/mol. The van der Waals surface area contributed by atoms with Crippen LogP contribution < -0.4 is 10.1 Å². The number of fused-ring (bicyclic) bond motifs is 1. The Kier molecular flexibility index (Phi) is 4.96. The van der Waals surface area contributed by atoms with Crippen LogP contribution in [0.4, 0.5) is 0 Å². The topological polar surface area (TPSA) is 21.3 Å². The molecule has 1 fully saturated rings. The molecule has 0 aliphatic heterocycles. The summed E-state index contributed by atoms with van der Waals surface area (Å²) < 4.78 is 5.90. The lowest BCUT2D eigenvalue weighted by molar-refractivity contribution is 0.289. The summed E-state index contributed by atoms with van der Waals surface area (Å²) in [7, 11) is 0. The van der Waals surface area contributed by atoms with Crippen molar-refractivity contribution < 1.29 is 4.74 Å². The van der Waals surface area contributed by atoms with Crippen molar-refractivity contribution in [3.8, 4) is 5.75 Å². The van der Waals surface area contributed by atoms with E-state index in [0.29, 0.717) is 0 Å². The van der Waals surface area contributed by atoms with E-state index >= 15 is 0 Å². The van der Waals surface area contributed by atoms with E-state index in [-0.39, 0.29) is 0 Å². The molecule has 110 valence electrons. The van der Waals surface area contributed by atoms with Gasteiger partial charge in [-0.15, -0.1) is 0 Å². The minimum absolute atomic E-state index is 0.732. The third-order valence-corrected chi connectivity index (χ3v) is 4.73. The molecule has 2 nitrogen and oxygen atoms in total. The molecule has 2 aliphatic rings. The molecule has 0 atom stereocenters. The van der Waals surface area contributed by atoms with Gasteiger partial charge in [0.25, 0.3) is 0 Å². The molecule has 0 aromatic heterocycles. The first-order valence-corrected chi connectivity index (χ1v) is 8.40. The highest BCUT2D eigenvalue weighted by Crippen LogP contribution is 2.25. The second-order valence-corrected chi connectivity index (χ2v) is 6.28. The average molecular weight is 273 g/mol. The van der Waals surface area contributed by atoms with Crippen molar-refractivity contribution in [1.82, 2.24) is 5.32 Å². The number of hydrogen-bond donors (Lipinski definition) is 1. The largest absolute Gasteiger partial charge is 0.492 e. The van der Waals surface area contributed by atoms with Gasteiger partial charge in [0, 0.05) is 12.6 Å². The molecule has 1 saturated carbocycles. The van der Waals surface area contributed by atoms with E-state index in [0.717, 1.165) is 24.9 Å². The predicted octanol–water partition coefficient (Wildman–Crippen LogP) is 3.87. The van der Waals surface area contributed by atoms with E-state index in [2.05, 4.69) is 23.5 Å². The molecule has 2 aliphatic carbocycles. The van der Waals surface area contributed by atoms with E-state index in [4.69, 9.17) is 4.74 Å². The van der Waals surface area contributed by atoms with Gasteiger partial charge in [0.05, 0.1) is 0 Å². The van der Waals surface area contributed by atoms with Crippen LogP contribution in [0.25, 0.3) is 0 Å². The number of rotatable bonds is 5. The SMILES string of the molecule is c1cc2c(cc1OCCNC1CCCCC1)CCCC2. The Morgan fingerprint density at radius 3 is 2.60 bits per heavy atom. The zero-order valence-corrected chi connectivity index (χ0v) is 12.5. The van der Waals surface area contributed by atoms with Gasteiger partial charge in [-0.3, -0.25) is 0 Å². The molecule has 0 saturated heterocycles. The van der Waals surface area contributed by atoms with Crippen LogP contribution in [-0.2, 0) is 12.8 Å². The summed E-state index contributed by atoms with van der Waals surface area (Å²) in [5.74, 6) is 1.05. The van der Waals surface area contributed by atoms with Crippen LogP contribution in [0, 0.1) is 0 Å². The molecule has 0 spiro atoms. The van der Waals surface area contributed by atoms with Crippen LogP contribution in [0.5, 0.6) is 5.75 Å². The van der Waals surface area contributed by atoms with Gasteiger partial charge in [0.15, 0.2) is 0 Å². The monoisotopic (exact) mass is 273 g/mol. The van der Waals surface area contributed by atoms with E-state index in [1.54, 1.807) is 0 Å². The lowest BCUT2D eigenvalue weighted by atomic mass is 9.92. The highest BCUT2D eigenvalue weighted by molar-refractivity contribution is 5.37. The van der Waals surface area contributed by atoms with Gasteiger partial charge >= 0.3 is 0 Å². The smallest absolute Gasteiger partial charge is 0.119 e. The standard InChI is InChI=1S/C18H27NO/c1-2-8-17(9-3-1)19-12-13-20-18-11-10-15-6-4-5-7-16(15)14-18/h10-11,14,17,19H,1-9,12-13H2. The van der Waals surface area contributed by atoms with Gasteiger partial charge in [-0.25, -0.2) is 0 Å². The highest BCUT2D eigenvalue weighted by atomic mass is 16.5. The number of nitrogens with one attached hydrogen (secondary N) is 1. The summed E-state index contributed by atoms with van der Waals surface area (Å²) in [6.07, 6.45) is 12.1. The summed E-state index contributed by atoms with van der Waals surface area (Å²) in [5, 5.41) is 3.63. The van der Waals surface area contributed by atoms with Crippen molar-refractivity contribution in [2.24, 2.45) is 0 Å². The molecule has 3 rings (SSSR count). The third-order valence-electron chi connectivity index (χ3n) is 4.73. The zero-order valence-electron chi connectivity index (χ0n) is 12.5. The Morgan fingerprint density at radius 1 is 0.950 bits per heavy atom. The van der Waals surface area contributed by atoms with Crippen LogP contribution in [-0.4, -0.2) is 19.2 Å². The van der Waals surface area contributed by atoms with Crippen LogP contribution in [0.3, 0.4) is 0 Å². The van der Waals surface area contributed by atoms with E-state index in [1.165, 1.54) is 68.9 Å². The Bertz CT molecular complexity index is 423. The van der Waals surface area contributed by atoms with Crippen LogP contribution >= 0.6 is 0 Å². The van der Waals surface area contributed by atoms with E-state index in [1.807, 2.05) is 0 Å². The maximum atomic E-state index is 5.90. The van der Waals surface area contributed by atoms with Crippen molar-refractivity contribution in [1.29, 1.82) is 0 Å². The van der Waals surface area contributed by atoms with E-state index in [9.17, 15) is 0 Å². The van der Waals surface area contributed by atoms with Crippen molar-refractivity contribution >= 4 is 0 Å². The molecule has 0 amide bonds. The van der Waals surface area contributed by atoms with Gasteiger partial charge < -0.3 is 10.1 Å². The molecule has 0 bridgehead atoms. The Labute approximate surface area is 122 Å². The van der Waals surface area contributed by atoms with Crippen molar-refractivity contribution in [2.75, 3.05) is 13.2 Å². The summed E-state index contributed by atoms with van der Waals surface area (Å²) in [6, 6.07) is 7.40. The number of benzene rings is 1. The van der Waals surface area contributed by atoms with Crippen LogP contribution in [0.2, 0.25) is 0 Å². The van der Waals surface area contributed by atoms with Crippen molar-refractivity contribution in [3.05, 3.63) is 29.3 Å². The van der Waals surface area contributed by atoms with Gasteiger partial charge in [0.2, 0.25) is 0 Å². The second kappa shape index (κ2) is 7.12. The molecule has 0 radical (unpaired) electrons. The minimum Gasteiger partial charge on any atom is -0.492 e. The van der Waals surface area contributed by atoms with Crippen molar-refractivity contribution in [3.63, 3.8) is 0 Å². The molecule has 1 N–H and O–H groups in total. The predicted molar refractivity (Wildman–Crippen MR) is 83.5 cm³/mol. The molecule has 0 heterocycles. The molecular formula is C18H27NO. The van der Waals surface area contributed by atoms with Gasteiger partial charge in [0.1, 0.15) is 12.4 Å². The molecule has 2 heteroatoms.